The molecule has 0 saturated heterocycles. The zero-order valence-electron chi connectivity index (χ0n) is 28.4. The van der Waals surface area contributed by atoms with Gasteiger partial charge in [0, 0.05) is 45.8 Å². The van der Waals surface area contributed by atoms with E-state index in [1.54, 1.807) is 22.4 Å². The average Bonchev–Trinajstić information content (AvgIpc) is 3.67. The summed E-state index contributed by atoms with van der Waals surface area (Å²) in [6.45, 7) is 3.97. The van der Waals surface area contributed by atoms with Crippen LogP contribution in [0.1, 0.15) is 5.56 Å². The van der Waals surface area contributed by atoms with Gasteiger partial charge in [-0.25, -0.2) is 4.98 Å². The average molecular weight is 690 g/mol. The Balaban J connectivity index is 1.30. The molecule has 52 heavy (non-hydrogen) atoms. The summed E-state index contributed by atoms with van der Waals surface area (Å²) >= 11 is 1.68. The molecule has 0 amide bonds. The molecule has 0 aliphatic rings. The Morgan fingerprint density at radius 2 is 0.904 bits per heavy atom. The summed E-state index contributed by atoms with van der Waals surface area (Å²) in [5.74, 6) is 0.351. The molecule has 0 radical (unpaired) electrons. The van der Waals surface area contributed by atoms with E-state index in [0.29, 0.717) is 5.84 Å². The van der Waals surface area contributed by atoms with Gasteiger partial charge >= 0.3 is 0 Å². The van der Waals surface area contributed by atoms with Gasteiger partial charge in [0.25, 0.3) is 0 Å². The highest BCUT2D eigenvalue weighted by atomic mass is 32.1. The minimum Gasteiger partial charge on any atom is -0.309 e. The van der Waals surface area contributed by atoms with Gasteiger partial charge in [-0.1, -0.05) is 122 Å². The van der Waals surface area contributed by atoms with E-state index in [9.17, 15) is 0 Å². The topological polar surface area (TPSA) is 46.5 Å². The molecule has 0 fully saturated rings. The monoisotopic (exact) mass is 689 g/mol. The number of fused-ring (bicyclic) bond motifs is 1. The van der Waals surface area contributed by atoms with Gasteiger partial charge in [-0.05, 0) is 72.8 Å². The minimum absolute atomic E-state index is 0.351. The van der Waals surface area contributed by atoms with E-state index in [-0.39, 0.29) is 0 Å². The van der Waals surface area contributed by atoms with Crippen LogP contribution < -0.4 is 14.7 Å². The van der Waals surface area contributed by atoms with Crippen LogP contribution in [0.3, 0.4) is 0 Å². The molecule has 0 aliphatic carbocycles. The Labute approximate surface area is 308 Å². The number of anilines is 7. The fraction of sp³-hybridized carbons (Fsp3) is 0. The summed E-state index contributed by atoms with van der Waals surface area (Å²) in [4.78, 5) is 11.8. The van der Waals surface area contributed by atoms with Gasteiger partial charge in [-0.2, -0.15) is 0 Å². The summed E-state index contributed by atoms with van der Waals surface area (Å²) in [7, 11) is 0. The number of amidine groups is 1. The number of benzene rings is 7. The minimum atomic E-state index is 0.351. The van der Waals surface area contributed by atoms with Crippen LogP contribution in [0, 0.1) is 5.41 Å². The standard InChI is InChI=1S/C46H35N5S/c1-2-49(36-18-8-3-9-19-36)45(47)34-28-30-35(31-29-34)46-48-43-41(50(37-20-10-4-11-21-37)38-22-12-5-13-23-38)32-33-42(44(43)52-46)51(39-24-14-6-15-25-39)40-26-16-7-17-27-40/h2-33,47H,1H2. The zero-order chi connectivity index (χ0) is 35.3. The molecule has 0 unspecified atom stereocenters. The van der Waals surface area contributed by atoms with E-state index < -0.39 is 0 Å². The largest absolute Gasteiger partial charge is 0.309 e. The maximum absolute atomic E-state index is 9.00. The van der Waals surface area contributed by atoms with Crippen molar-refractivity contribution in [3.05, 3.63) is 206 Å². The smallest absolute Gasteiger partial charge is 0.136 e. The molecule has 1 N–H and O–H groups in total. The summed E-state index contributed by atoms with van der Waals surface area (Å²) in [5, 5.41) is 9.89. The molecular formula is C46H35N5S. The van der Waals surface area contributed by atoms with Crippen molar-refractivity contribution in [3.63, 3.8) is 0 Å². The number of para-hydroxylation sites is 5. The number of aromatic nitrogens is 1. The van der Waals surface area contributed by atoms with Crippen molar-refractivity contribution in [1.82, 2.24) is 4.98 Å². The first-order valence-corrected chi connectivity index (χ1v) is 17.9. The molecule has 0 spiro atoms. The van der Waals surface area contributed by atoms with Crippen molar-refractivity contribution >= 4 is 67.2 Å². The number of hydrogen-bond acceptors (Lipinski definition) is 5. The predicted molar refractivity (Wildman–Crippen MR) is 220 cm³/mol. The second-order valence-corrected chi connectivity index (χ2v) is 13.1. The molecule has 0 aliphatic heterocycles. The maximum Gasteiger partial charge on any atom is 0.136 e. The first-order valence-electron chi connectivity index (χ1n) is 17.1. The van der Waals surface area contributed by atoms with Crippen LogP contribution in [0.2, 0.25) is 0 Å². The SMILES string of the molecule is C=CN(C(=N)c1ccc(-c2nc3c(N(c4ccccc4)c4ccccc4)ccc(N(c4ccccc4)c4ccccc4)c3s2)cc1)c1ccccc1. The van der Waals surface area contributed by atoms with Crippen molar-refractivity contribution in [2.75, 3.05) is 14.7 Å². The zero-order valence-corrected chi connectivity index (χ0v) is 29.2. The number of thiazole rings is 1. The van der Waals surface area contributed by atoms with Crippen molar-refractivity contribution < 1.29 is 0 Å². The fourth-order valence-corrected chi connectivity index (χ4v) is 7.54. The van der Waals surface area contributed by atoms with Gasteiger partial charge in [0.2, 0.25) is 0 Å². The lowest BCUT2D eigenvalue weighted by atomic mass is 10.1. The Kier molecular flexibility index (Phi) is 9.12. The van der Waals surface area contributed by atoms with E-state index in [1.807, 2.05) is 66.7 Å². The van der Waals surface area contributed by atoms with Crippen molar-refractivity contribution in [2.24, 2.45) is 0 Å². The molecule has 1 aromatic heterocycles. The van der Waals surface area contributed by atoms with E-state index in [2.05, 4.69) is 138 Å². The van der Waals surface area contributed by atoms with E-state index in [4.69, 9.17) is 10.4 Å². The fourth-order valence-electron chi connectivity index (χ4n) is 6.45. The van der Waals surface area contributed by atoms with Crippen LogP contribution in [0.4, 0.5) is 39.8 Å². The van der Waals surface area contributed by atoms with Gasteiger partial charge in [-0.3, -0.25) is 5.41 Å². The summed E-state index contributed by atoms with van der Waals surface area (Å²) in [5.41, 5.74) is 9.82. The van der Waals surface area contributed by atoms with Crippen LogP contribution in [0.15, 0.2) is 201 Å². The van der Waals surface area contributed by atoms with E-state index >= 15 is 0 Å². The molecule has 0 atom stereocenters. The molecule has 8 rings (SSSR count). The molecule has 5 nitrogen and oxygen atoms in total. The third kappa shape index (κ3) is 6.35. The van der Waals surface area contributed by atoms with Crippen molar-refractivity contribution in [3.8, 4) is 10.6 Å². The van der Waals surface area contributed by atoms with Gasteiger partial charge in [-0.15, -0.1) is 11.3 Å². The van der Waals surface area contributed by atoms with Crippen molar-refractivity contribution in [1.29, 1.82) is 5.41 Å². The number of hydrogen-bond donors (Lipinski definition) is 1. The quantitative estimate of drug-likeness (QED) is 0.115. The van der Waals surface area contributed by atoms with Crippen LogP contribution in [0.25, 0.3) is 20.8 Å². The molecule has 6 heteroatoms. The molecule has 250 valence electrons. The van der Waals surface area contributed by atoms with E-state index in [0.717, 1.165) is 66.2 Å². The highest BCUT2D eigenvalue weighted by Crippen LogP contribution is 2.48. The lowest BCUT2D eigenvalue weighted by molar-refractivity contribution is 1.27. The summed E-state index contributed by atoms with van der Waals surface area (Å²) < 4.78 is 1.07. The molecular weight excluding hydrogens is 655 g/mol. The first kappa shape index (κ1) is 32.4. The molecule has 7 aromatic carbocycles. The van der Waals surface area contributed by atoms with Gasteiger partial charge in [0.05, 0.1) is 16.1 Å². The van der Waals surface area contributed by atoms with Crippen LogP contribution >= 0.6 is 11.3 Å². The number of nitrogens with one attached hydrogen (secondary N) is 1. The van der Waals surface area contributed by atoms with Crippen LogP contribution in [0.5, 0.6) is 0 Å². The highest BCUT2D eigenvalue weighted by molar-refractivity contribution is 7.22. The first-order chi connectivity index (χ1) is 25.7. The Morgan fingerprint density at radius 3 is 1.35 bits per heavy atom. The van der Waals surface area contributed by atoms with E-state index in [1.165, 1.54) is 0 Å². The molecule has 0 saturated carbocycles. The Bertz CT molecular complexity index is 2230. The van der Waals surface area contributed by atoms with Crippen LogP contribution in [-0.2, 0) is 0 Å². The lowest BCUT2D eigenvalue weighted by Gasteiger charge is -2.29. The van der Waals surface area contributed by atoms with Gasteiger partial charge < -0.3 is 14.7 Å². The molecule has 8 aromatic rings. The number of rotatable bonds is 10. The molecule has 1 heterocycles. The summed E-state index contributed by atoms with van der Waals surface area (Å²) in [6, 6.07) is 64.2. The normalized spacial score (nSPS) is 10.8. The maximum atomic E-state index is 9.00. The Morgan fingerprint density at radius 1 is 0.500 bits per heavy atom. The van der Waals surface area contributed by atoms with Crippen LogP contribution in [-0.4, -0.2) is 10.8 Å². The number of nitrogens with zero attached hydrogens (tertiary/aromatic N) is 4. The second kappa shape index (κ2) is 14.6. The second-order valence-electron chi connectivity index (χ2n) is 12.1. The predicted octanol–water partition coefficient (Wildman–Crippen LogP) is 12.9. The lowest BCUT2D eigenvalue weighted by Crippen LogP contribution is -2.24. The Hall–Kier alpha value is -6.76. The van der Waals surface area contributed by atoms with Crippen molar-refractivity contribution in [2.45, 2.75) is 0 Å². The van der Waals surface area contributed by atoms with Gasteiger partial charge in [0.15, 0.2) is 0 Å². The highest BCUT2D eigenvalue weighted by Gasteiger charge is 2.24. The van der Waals surface area contributed by atoms with Gasteiger partial charge in [0.1, 0.15) is 16.4 Å². The molecule has 0 bridgehead atoms. The third-order valence-electron chi connectivity index (χ3n) is 8.90. The third-order valence-corrected chi connectivity index (χ3v) is 10.0. The summed E-state index contributed by atoms with van der Waals surface area (Å²) in [6.07, 6.45) is 1.68.